The van der Waals surface area contributed by atoms with E-state index < -0.39 is 19.2 Å². The number of hydrogen-bond donors (Lipinski definition) is 2. The van der Waals surface area contributed by atoms with E-state index in [1.807, 2.05) is 0 Å². The van der Waals surface area contributed by atoms with E-state index in [-0.39, 0.29) is 13.1 Å². The summed E-state index contributed by atoms with van der Waals surface area (Å²) in [7, 11) is -6.00. The second-order valence-electron chi connectivity index (χ2n) is 3.22. The maximum absolute atomic E-state index is 10.3. The van der Waals surface area contributed by atoms with Gasteiger partial charge in [-0.1, -0.05) is 0 Å². The third-order valence-corrected chi connectivity index (χ3v) is 1.53. The molecule has 0 unspecified atom stereocenters. The molecule has 0 spiro atoms. The zero-order valence-corrected chi connectivity index (χ0v) is 8.97. The van der Waals surface area contributed by atoms with Crippen LogP contribution in [0.15, 0.2) is 12.4 Å². The molecule has 2 N–H and O–H groups in total. The Balaban J connectivity index is 0.000000494. The smallest absolute Gasteiger partial charge is 0.480 e. The van der Waals surface area contributed by atoms with Gasteiger partial charge in [0.25, 0.3) is 0 Å². The summed E-state index contributed by atoms with van der Waals surface area (Å²) in [4.78, 5) is 23.6. The molecule has 0 saturated carbocycles. The van der Waals surface area contributed by atoms with E-state index in [1.54, 1.807) is 12.4 Å². The lowest BCUT2D eigenvalue weighted by Crippen LogP contribution is -2.32. The predicted molar refractivity (Wildman–Crippen MR) is 52.9 cm³/mol. The average Bonchev–Trinajstić information content (AvgIpc) is 2.46. The highest BCUT2D eigenvalue weighted by Crippen LogP contribution is 2.06. The fourth-order valence-corrected chi connectivity index (χ4v) is 1.07. The van der Waals surface area contributed by atoms with E-state index >= 15 is 0 Å². The maximum Gasteiger partial charge on any atom is 0.673 e. The molecular formula is C7H10BF4N2O4-. The quantitative estimate of drug-likeness (QED) is 0.573. The number of carboxylic acid groups (broad SMARTS) is 2. The van der Waals surface area contributed by atoms with Gasteiger partial charge in [-0.3, -0.25) is 9.59 Å². The standard InChI is InChI=1S/C7H10N2O4.BF4/c10-6(11)3-8-1-2-9(5-8)4-7(12)13;2-1(3,4)5/h1-2H,3-5H2,(H,10,11)(H,12,13);/q;-1. The van der Waals surface area contributed by atoms with E-state index in [0.29, 0.717) is 6.67 Å². The third-order valence-electron chi connectivity index (χ3n) is 1.53. The molecule has 0 saturated heterocycles. The number of carboxylic acids is 2. The number of aliphatic carboxylic acids is 2. The van der Waals surface area contributed by atoms with Crippen molar-refractivity contribution in [2.45, 2.75) is 0 Å². The molecule has 0 amide bonds. The highest BCUT2D eigenvalue weighted by atomic mass is 19.5. The number of rotatable bonds is 4. The first-order valence-corrected chi connectivity index (χ1v) is 4.55. The lowest BCUT2D eigenvalue weighted by molar-refractivity contribution is -0.138. The van der Waals surface area contributed by atoms with Crippen molar-refractivity contribution >= 4 is 19.2 Å². The Labute approximate surface area is 99.2 Å². The molecule has 0 aromatic heterocycles. The van der Waals surface area contributed by atoms with E-state index in [1.165, 1.54) is 9.80 Å². The molecule has 18 heavy (non-hydrogen) atoms. The largest absolute Gasteiger partial charge is 0.673 e. The van der Waals surface area contributed by atoms with Crippen LogP contribution in [0.5, 0.6) is 0 Å². The third kappa shape index (κ3) is 10.6. The normalized spacial score (nSPS) is 14.2. The topological polar surface area (TPSA) is 81.1 Å². The first-order valence-electron chi connectivity index (χ1n) is 4.55. The van der Waals surface area contributed by atoms with Crippen LogP contribution < -0.4 is 0 Å². The summed E-state index contributed by atoms with van der Waals surface area (Å²) in [6.45, 7) is 0.109. The minimum atomic E-state index is -6.00. The summed E-state index contributed by atoms with van der Waals surface area (Å²) in [6, 6.07) is 0. The lowest BCUT2D eigenvalue weighted by Gasteiger charge is -2.17. The fourth-order valence-electron chi connectivity index (χ4n) is 1.07. The van der Waals surface area contributed by atoms with Gasteiger partial charge < -0.3 is 37.3 Å². The lowest BCUT2D eigenvalue weighted by atomic mass is 10.3. The summed E-state index contributed by atoms with van der Waals surface area (Å²) >= 11 is 0. The monoisotopic (exact) mass is 273 g/mol. The zero-order chi connectivity index (χ0) is 14.3. The van der Waals surface area contributed by atoms with Gasteiger partial charge in [0, 0.05) is 12.4 Å². The highest BCUT2D eigenvalue weighted by molar-refractivity contribution is 6.50. The molecule has 0 bridgehead atoms. The second kappa shape index (κ2) is 6.72. The first kappa shape index (κ1) is 16.1. The fraction of sp³-hybridized carbons (Fsp3) is 0.429. The van der Waals surface area contributed by atoms with Crippen LogP contribution in [0.25, 0.3) is 0 Å². The molecule has 1 rings (SSSR count). The van der Waals surface area contributed by atoms with Gasteiger partial charge in [-0.15, -0.1) is 0 Å². The van der Waals surface area contributed by atoms with Gasteiger partial charge in [0.15, 0.2) is 0 Å². The van der Waals surface area contributed by atoms with Crippen LogP contribution in [0, 0.1) is 0 Å². The van der Waals surface area contributed by atoms with E-state index in [9.17, 15) is 26.9 Å². The van der Waals surface area contributed by atoms with Crippen molar-refractivity contribution in [3.8, 4) is 0 Å². The average molecular weight is 273 g/mol. The summed E-state index contributed by atoms with van der Waals surface area (Å²) in [5, 5.41) is 16.9. The Kier molecular flexibility index (Phi) is 5.99. The van der Waals surface area contributed by atoms with Crippen LogP contribution in [-0.2, 0) is 9.59 Å². The predicted octanol–water partition coefficient (Wildman–Crippen LogP) is 0.502. The maximum atomic E-state index is 10.3. The Bertz CT molecular complexity index is 306. The Hall–Kier alpha value is -1.94. The Morgan fingerprint density at radius 2 is 1.28 bits per heavy atom. The zero-order valence-electron chi connectivity index (χ0n) is 8.97. The molecule has 1 aliphatic heterocycles. The van der Waals surface area contributed by atoms with Crippen LogP contribution in [0.1, 0.15) is 0 Å². The molecule has 6 nitrogen and oxygen atoms in total. The molecule has 1 aliphatic rings. The second-order valence-corrected chi connectivity index (χ2v) is 3.22. The van der Waals surface area contributed by atoms with Gasteiger partial charge in [0.05, 0.1) is 6.67 Å². The molecule has 0 atom stereocenters. The number of nitrogens with zero attached hydrogens (tertiary/aromatic N) is 2. The minimum Gasteiger partial charge on any atom is -0.480 e. The van der Waals surface area contributed by atoms with Crippen molar-refractivity contribution in [1.82, 2.24) is 9.80 Å². The van der Waals surface area contributed by atoms with E-state index in [0.717, 1.165) is 0 Å². The number of halogens is 4. The summed E-state index contributed by atoms with van der Waals surface area (Å²) in [5.74, 6) is -1.86. The van der Waals surface area contributed by atoms with Crippen molar-refractivity contribution in [1.29, 1.82) is 0 Å². The summed E-state index contributed by atoms with van der Waals surface area (Å²) in [5.41, 5.74) is 0. The molecule has 104 valence electrons. The molecule has 0 aromatic carbocycles. The molecule has 0 aliphatic carbocycles. The summed E-state index contributed by atoms with van der Waals surface area (Å²) < 4.78 is 39.0. The van der Waals surface area contributed by atoms with Gasteiger partial charge in [0.2, 0.25) is 0 Å². The molecule has 0 aromatic rings. The van der Waals surface area contributed by atoms with Gasteiger partial charge in [-0.25, -0.2) is 0 Å². The SMILES string of the molecule is F[B-](F)(F)F.O=C(O)CN1C=CN(CC(=O)O)C1. The van der Waals surface area contributed by atoms with Crippen LogP contribution in [0.4, 0.5) is 17.3 Å². The van der Waals surface area contributed by atoms with E-state index in [4.69, 9.17) is 10.2 Å². The van der Waals surface area contributed by atoms with Crippen LogP contribution >= 0.6 is 0 Å². The molecule has 1 heterocycles. The Morgan fingerprint density at radius 1 is 1.00 bits per heavy atom. The number of hydrogen-bond acceptors (Lipinski definition) is 4. The Morgan fingerprint density at radius 3 is 1.50 bits per heavy atom. The van der Waals surface area contributed by atoms with Gasteiger partial charge in [-0.2, -0.15) is 0 Å². The van der Waals surface area contributed by atoms with Crippen molar-refractivity contribution in [3.63, 3.8) is 0 Å². The minimum absolute atomic E-state index is 0.105. The first-order chi connectivity index (χ1) is 8.08. The van der Waals surface area contributed by atoms with Crippen molar-refractivity contribution in [3.05, 3.63) is 12.4 Å². The van der Waals surface area contributed by atoms with Gasteiger partial charge in [0.1, 0.15) is 13.1 Å². The molecule has 0 fully saturated rings. The van der Waals surface area contributed by atoms with E-state index in [2.05, 4.69) is 0 Å². The molecule has 0 radical (unpaired) electrons. The molecular weight excluding hydrogens is 263 g/mol. The molecule has 11 heteroatoms. The van der Waals surface area contributed by atoms with Crippen molar-refractivity contribution in [2.75, 3.05) is 19.8 Å². The van der Waals surface area contributed by atoms with Crippen LogP contribution in [-0.4, -0.2) is 59.0 Å². The highest BCUT2D eigenvalue weighted by Gasteiger charge is 2.20. The van der Waals surface area contributed by atoms with Crippen LogP contribution in [0.3, 0.4) is 0 Å². The van der Waals surface area contributed by atoms with Crippen molar-refractivity contribution < 1.29 is 37.1 Å². The van der Waals surface area contributed by atoms with Crippen molar-refractivity contribution in [2.24, 2.45) is 0 Å². The van der Waals surface area contributed by atoms with Crippen LogP contribution in [0.2, 0.25) is 0 Å². The number of carbonyl (C=O) groups is 2. The van der Waals surface area contributed by atoms with Gasteiger partial charge >= 0.3 is 19.2 Å². The summed E-state index contributed by atoms with van der Waals surface area (Å²) in [6.07, 6.45) is 3.13. The van der Waals surface area contributed by atoms with Gasteiger partial charge in [-0.05, 0) is 0 Å².